The number of nitrogens with zero attached hydrogens (tertiary/aromatic N) is 8. The van der Waals surface area contributed by atoms with Gasteiger partial charge in [-0.3, -0.25) is 14.9 Å². The number of nitro groups is 1. The zero-order chi connectivity index (χ0) is 22.8. The third-order valence-electron chi connectivity index (χ3n) is 5.23. The van der Waals surface area contributed by atoms with Gasteiger partial charge in [0, 0.05) is 49.7 Å². The molecule has 1 aliphatic heterocycles. The van der Waals surface area contributed by atoms with Crippen molar-refractivity contribution in [3.63, 3.8) is 0 Å². The molecule has 3 aromatic rings. The molecule has 0 bridgehead atoms. The molecule has 12 nitrogen and oxygen atoms in total. The fraction of sp³-hybridized carbons (Fsp3) is 0.368. The first-order chi connectivity index (χ1) is 15.3. The molecule has 2 aromatic heterocycles. The first-order valence-corrected chi connectivity index (χ1v) is 11.0. The Morgan fingerprint density at radius 3 is 2.44 bits per heavy atom. The van der Waals surface area contributed by atoms with E-state index in [1.165, 1.54) is 28.6 Å². The molecule has 168 valence electrons. The summed E-state index contributed by atoms with van der Waals surface area (Å²) in [6, 6.07) is 8.38. The van der Waals surface area contributed by atoms with E-state index in [1.54, 1.807) is 21.7 Å². The van der Waals surface area contributed by atoms with E-state index in [4.69, 9.17) is 5.84 Å². The molecule has 0 aliphatic carbocycles. The maximum absolute atomic E-state index is 12.7. The van der Waals surface area contributed by atoms with Crippen molar-refractivity contribution in [2.24, 2.45) is 0 Å². The Morgan fingerprint density at radius 2 is 1.84 bits per heavy atom. The molecule has 1 aromatic carbocycles. The third-order valence-corrected chi connectivity index (χ3v) is 6.16. The molecule has 0 unspecified atom stereocenters. The van der Waals surface area contributed by atoms with Crippen LogP contribution >= 0.6 is 11.8 Å². The van der Waals surface area contributed by atoms with Crippen LogP contribution in [-0.4, -0.2) is 72.3 Å². The van der Waals surface area contributed by atoms with Gasteiger partial charge in [-0.05, 0) is 32.0 Å². The van der Waals surface area contributed by atoms with Crippen LogP contribution in [0.5, 0.6) is 0 Å². The number of nitrogen functional groups attached to an aromatic ring is 1. The molecule has 3 heterocycles. The number of aryl methyl sites for hydroxylation is 2. The number of nitro benzene ring substituents is 1. The summed E-state index contributed by atoms with van der Waals surface area (Å²) >= 11 is 1.23. The number of nitrogens with two attached hydrogens (primary N) is 1. The SMILES string of the molecule is Cc1cc(C)n(-c2nnc(SCC(=O)N3CCN(c4ccc([N+](=O)[O-])cc4)CC3)n2N)n1. The summed E-state index contributed by atoms with van der Waals surface area (Å²) in [6.45, 7) is 6.25. The number of amides is 1. The Kier molecular flexibility index (Phi) is 5.99. The normalized spacial score (nSPS) is 14.1. The monoisotopic (exact) mass is 457 g/mol. The zero-order valence-electron chi connectivity index (χ0n) is 17.7. The van der Waals surface area contributed by atoms with Crippen molar-refractivity contribution < 1.29 is 9.72 Å². The molecule has 13 heteroatoms. The van der Waals surface area contributed by atoms with Gasteiger partial charge in [-0.15, -0.1) is 10.2 Å². The van der Waals surface area contributed by atoms with E-state index in [0.717, 1.165) is 17.1 Å². The van der Waals surface area contributed by atoms with E-state index in [0.29, 0.717) is 37.3 Å². The third kappa shape index (κ3) is 4.37. The van der Waals surface area contributed by atoms with Crippen LogP contribution in [0.4, 0.5) is 11.4 Å². The first kappa shape index (κ1) is 21.6. The molecule has 32 heavy (non-hydrogen) atoms. The molecule has 0 spiro atoms. The Balaban J connectivity index is 1.31. The summed E-state index contributed by atoms with van der Waals surface area (Å²) in [5.41, 5.74) is 2.71. The van der Waals surface area contributed by atoms with Crippen LogP contribution < -0.4 is 10.7 Å². The van der Waals surface area contributed by atoms with E-state index < -0.39 is 4.92 Å². The molecule has 1 amide bonds. The van der Waals surface area contributed by atoms with Crippen molar-refractivity contribution in [1.29, 1.82) is 0 Å². The smallest absolute Gasteiger partial charge is 0.271 e. The highest BCUT2D eigenvalue weighted by Crippen LogP contribution is 2.22. The van der Waals surface area contributed by atoms with Gasteiger partial charge >= 0.3 is 0 Å². The molecule has 0 saturated carbocycles. The second kappa shape index (κ2) is 8.86. The van der Waals surface area contributed by atoms with E-state index in [2.05, 4.69) is 20.2 Å². The number of rotatable bonds is 6. The van der Waals surface area contributed by atoms with Crippen LogP contribution in [0.1, 0.15) is 11.4 Å². The lowest BCUT2D eigenvalue weighted by Crippen LogP contribution is -2.49. The first-order valence-electron chi connectivity index (χ1n) is 9.97. The number of piperazine rings is 1. The van der Waals surface area contributed by atoms with Crippen LogP contribution in [-0.2, 0) is 4.79 Å². The summed E-state index contributed by atoms with van der Waals surface area (Å²) in [4.78, 5) is 27.0. The molecule has 2 N–H and O–H groups in total. The van der Waals surface area contributed by atoms with Gasteiger partial charge in [0.1, 0.15) is 0 Å². The van der Waals surface area contributed by atoms with Gasteiger partial charge in [-0.2, -0.15) is 5.10 Å². The van der Waals surface area contributed by atoms with E-state index in [-0.39, 0.29) is 17.3 Å². The molecule has 1 saturated heterocycles. The summed E-state index contributed by atoms with van der Waals surface area (Å²) in [5, 5.41) is 23.8. The summed E-state index contributed by atoms with van der Waals surface area (Å²) < 4.78 is 2.95. The van der Waals surface area contributed by atoms with Gasteiger partial charge in [0.25, 0.3) is 11.6 Å². The van der Waals surface area contributed by atoms with Gasteiger partial charge in [-0.25, -0.2) is 9.36 Å². The van der Waals surface area contributed by atoms with Crippen molar-refractivity contribution in [2.75, 3.05) is 42.7 Å². The van der Waals surface area contributed by atoms with Gasteiger partial charge in [0.15, 0.2) is 0 Å². The molecular weight excluding hydrogens is 434 g/mol. The fourth-order valence-corrected chi connectivity index (χ4v) is 4.31. The number of carbonyl (C=O) groups is 1. The molecule has 0 radical (unpaired) electrons. The Labute approximate surface area is 188 Å². The highest BCUT2D eigenvalue weighted by molar-refractivity contribution is 7.99. The highest BCUT2D eigenvalue weighted by Gasteiger charge is 2.23. The minimum absolute atomic E-state index is 0.00554. The largest absolute Gasteiger partial charge is 0.368 e. The number of hydrogen-bond donors (Lipinski definition) is 1. The topological polar surface area (TPSA) is 141 Å². The van der Waals surface area contributed by atoms with E-state index in [1.807, 2.05) is 19.9 Å². The second-order valence-corrected chi connectivity index (χ2v) is 8.36. The summed E-state index contributed by atoms with van der Waals surface area (Å²) in [6.07, 6.45) is 0. The number of thioether (sulfide) groups is 1. The zero-order valence-corrected chi connectivity index (χ0v) is 18.5. The van der Waals surface area contributed by atoms with E-state index >= 15 is 0 Å². The van der Waals surface area contributed by atoms with Gasteiger partial charge < -0.3 is 15.6 Å². The van der Waals surface area contributed by atoms with Gasteiger partial charge in [0.05, 0.1) is 16.4 Å². The van der Waals surface area contributed by atoms with Crippen molar-refractivity contribution in [3.05, 3.63) is 51.8 Å². The average molecular weight is 458 g/mol. The lowest BCUT2D eigenvalue weighted by Gasteiger charge is -2.36. The number of non-ortho nitro benzene ring substituents is 1. The van der Waals surface area contributed by atoms with Crippen molar-refractivity contribution in [2.45, 2.75) is 19.0 Å². The summed E-state index contributed by atoms with van der Waals surface area (Å²) in [7, 11) is 0. The molecule has 1 fully saturated rings. The molecule has 1 aliphatic rings. The van der Waals surface area contributed by atoms with Crippen LogP contribution in [0.2, 0.25) is 0 Å². The van der Waals surface area contributed by atoms with Crippen molar-refractivity contribution in [1.82, 2.24) is 29.6 Å². The quantitative estimate of drug-likeness (QED) is 0.250. The predicted molar refractivity (Wildman–Crippen MR) is 119 cm³/mol. The Bertz CT molecular complexity index is 1130. The van der Waals surface area contributed by atoms with Gasteiger partial charge in [0.2, 0.25) is 11.1 Å². The standard InChI is InChI=1S/C19H23N9O3S/c1-13-11-14(2)27(23-13)18-21-22-19(26(18)20)32-12-17(29)25-9-7-24(8-10-25)15-3-5-16(6-4-15)28(30)31/h3-6,11H,7-10,12,20H2,1-2H3. The Morgan fingerprint density at radius 1 is 1.16 bits per heavy atom. The van der Waals surface area contributed by atoms with Crippen LogP contribution in [0.25, 0.3) is 5.95 Å². The van der Waals surface area contributed by atoms with Crippen molar-refractivity contribution >= 4 is 29.0 Å². The molecule has 0 atom stereocenters. The lowest BCUT2D eigenvalue weighted by molar-refractivity contribution is -0.384. The highest BCUT2D eigenvalue weighted by atomic mass is 32.2. The van der Waals surface area contributed by atoms with Crippen LogP contribution in [0.3, 0.4) is 0 Å². The van der Waals surface area contributed by atoms with E-state index in [9.17, 15) is 14.9 Å². The number of aromatic nitrogens is 5. The maximum atomic E-state index is 12.7. The minimum Gasteiger partial charge on any atom is -0.368 e. The average Bonchev–Trinajstić information content (AvgIpc) is 3.32. The number of benzene rings is 1. The Hall–Kier alpha value is -3.61. The number of anilines is 1. The maximum Gasteiger partial charge on any atom is 0.271 e. The molecular formula is C19H23N9O3S. The lowest BCUT2D eigenvalue weighted by atomic mass is 10.2. The molecule has 4 rings (SSSR count). The van der Waals surface area contributed by atoms with Crippen molar-refractivity contribution in [3.8, 4) is 5.95 Å². The fourth-order valence-electron chi connectivity index (χ4n) is 3.56. The van der Waals surface area contributed by atoms with Crippen LogP contribution in [0, 0.1) is 24.0 Å². The summed E-state index contributed by atoms with van der Waals surface area (Å²) in [5.74, 6) is 6.71. The van der Waals surface area contributed by atoms with Gasteiger partial charge in [-0.1, -0.05) is 11.8 Å². The predicted octanol–water partition coefficient (Wildman–Crippen LogP) is 1.14. The number of carbonyl (C=O) groups excluding carboxylic acids is 1. The minimum atomic E-state index is -0.416. The van der Waals surface area contributed by atoms with Crippen LogP contribution in [0.15, 0.2) is 35.5 Å². The second-order valence-electron chi connectivity index (χ2n) is 7.42. The number of hydrogen-bond acceptors (Lipinski definition) is 9.